The summed E-state index contributed by atoms with van der Waals surface area (Å²) in [4.78, 5) is 11.6. The molecule has 39 heavy (non-hydrogen) atoms. The fourth-order valence-electron chi connectivity index (χ4n) is 6.23. The van der Waals surface area contributed by atoms with Crippen LogP contribution in [-0.4, -0.2) is 66.8 Å². The van der Waals surface area contributed by atoms with Crippen molar-refractivity contribution in [3.05, 3.63) is 65.6 Å². The van der Waals surface area contributed by atoms with Crippen LogP contribution >= 0.6 is 11.6 Å². The van der Waals surface area contributed by atoms with Crippen LogP contribution in [0.4, 0.5) is 5.82 Å². The zero-order valence-electron chi connectivity index (χ0n) is 21.7. The highest BCUT2D eigenvalue weighted by Gasteiger charge is 2.30. The van der Waals surface area contributed by atoms with Crippen molar-refractivity contribution in [2.75, 3.05) is 32.0 Å². The van der Waals surface area contributed by atoms with Crippen LogP contribution in [0.5, 0.6) is 0 Å². The van der Waals surface area contributed by atoms with E-state index in [0.29, 0.717) is 18.4 Å². The van der Waals surface area contributed by atoms with Gasteiger partial charge in [0.05, 0.1) is 42.9 Å². The SMILES string of the molecule is Nc1ncnc2c1c(-c1ccc3c(cnn3Cc3cccc(Cl)c3)c1)nn2C1CCC(N2CCOCC2)CC1. The lowest BCUT2D eigenvalue weighted by Crippen LogP contribution is -2.45. The third kappa shape index (κ3) is 4.64. The molecule has 1 saturated carbocycles. The van der Waals surface area contributed by atoms with Crippen LogP contribution in [0.25, 0.3) is 33.2 Å². The number of hydrogen-bond acceptors (Lipinski definition) is 7. The van der Waals surface area contributed by atoms with Gasteiger partial charge in [-0.15, -0.1) is 0 Å². The van der Waals surface area contributed by atoms with Gasteiger partial charge in [-0.3, -0.25) is 9.58 Å². The number of halogens is 1. The Morgan fingerprint density at radius 3 is 2.62 bits per heavy atom. The average Bonchev–Trinajstić information content (AvgIpc) is 3.56. The van der Waals surface area contributed by atoms with Gasteiger partial charge in [-0.05, 0) is 55.5 Å². The Morgan fingerprint density at radius 2 is 1.79 bits per heavy atom. The minimum Gasteiger partial charge on any atom is -0.383 e. The van der Waals surface area contributed by atoms with E-state index in [1.807, 2.05) is 29.1 Å². The molecule has 0 amide bonds. The second kappa shape index (κ2) is 10.2. The van der Waals surface area contributed by atoms with E-state index < -0.39 is 0 Å². The van der Waals surface area contributed by atoms with Crippen molar-refractivity contribution in [2.45, 2.75) is 44.3 Å². The molecular formula is C29H31ClN8O. The Hall–Kier alpha value is -3.53. The van der Waals surface area contributed by atoms with Gasteiger partial charge in [0.2, 0.25) is 0 Å². The van der Waals surface area contributed by atoms with Crippen molar-refractivity contribution in [1.29, 1.82) is 0 Å². The Balaban J connectivity index is 1.19. The second-order valence-electron chi connectivity index (χ2n) is 10.6. The van der Waals surface area contributed by atoms with Crippen molar-refractivity contribution in [3.8, 4) is 11.3 Å². The first-order chi connectivity index (χ1) is 19.1. The Morgan fingerprint density at radius 1 is 0.974 bits per heavy atom. The van der Waals surface area contributed by atoms with Crippen molar-refractivity contribution >= 4 is 39.4 Å². The quantitative estimate of drug-likeness (QED) is 0.335. The molecule has 0 spiro atoms. The molecule has 0 unspecified atom stereocenters. The van der Waals surface area contributed by atoms with Gasteiger partial charge in [-0.25, -0.2) is 14.6 Å². The molecule has 10 heteroatoms. The van der Waals surface area contributed by atoms with Gasteiger partial charge in [0, 0.05) is 35.1 Å². The minimum absolute atomic E-state index is 0.289. The number of fused-ring (bicyclic) bond motifs is 2. The van der Waals surface area contributed by atoms with Crippen LogP contribution in [0.3, 0.4) is 0 Å². The van der Waals surface area contributed by atoms with Gasteiger partial charge < -0.3 is 10.5 Å². The van der Waals surface area contributed by atoms with Crippen LogP contribution < -0.4 is 5.73 Å². The Labute approximate surface area is 231 Å². The molecule has 2 aliphatic rings. The van der Waals surface area contributed by atoms with Crippen molar-refractivity contribution in [3.63, 3.8) is 0 Å². The maximum atomic E-state index is 6.42. The maximum Gasteiger partial charge on any atom is 0.164 e. The number of anilines is 1. The standard InChI is InChI=1S/C29H31ClN8O/c30-22-3-1-2-19(14-22)17-37-25-9-4-20(15-21(25)16-34-37)27-26-28(31)32-18-33-29(26)38(35-27)24-7-5-23(6-8-24)36-10-12-39-13-11-36/h1-4,9,14-16,18,23-24H,5-8,10-13,17H2,(H2,31,32,33). The van der Waals surface area contributed by atoms with Gasteiger partial charge in [-0.2, -0.15) is 10.2 Å². The van der Waals surface area contributed by atoms with E-state index in [-0.39, 0.29) is 6.04 Å². The zero-order valence-corrected chi connectivity index (χ0v) is 22.5. The van der Waals surface area contributed by atoms with E-state index in [9.17, 15) is 0 Å². The smallest absolute Gasteiger partial charge is 0.164 e. The van der Waals surface area contributed by atoms with Gasteiger partial charge in [0.15, 0.2) is 5.65 Å². The summed E-state index contributed by atoms with van der Waals surface area (Å²) in [6, 6.07) is 15.1. The van der Waals surface area contributed by atoms with E-state index in [1.165, 1.54) is 0 Å². The predicted octanol–water partition coefficient (Wildman–Crippen LogP) is 4.94. The third-order valence-electron chi connectivity index (χ3n) is 8.23. The molecule has 7 rings (SSSR count). The summed E-state index contributed by atoms with van der Waals surface area (Å²) >= 11 is 6.19. The number of aromatic nitrogens is 6. The summed E-state index contributed by atoms with van der Waals surface area (Å²) < 4.78 is 9.65. The maximum absolute atomic E-state index is 6.42. The zero-order chi connectivity index (χ0) is 26.3. The van der Waals surface area contributed by atoms with Crippen LogP contribution in [-0.2, 0) is 11.3 Å². The van der Waals surface area contributed by atoms with Crippen LogP contribution in [0.15, 0.2) is 55.0 Å². The molecule has 9 nitrogen and oxygen atoms in total. The lowest BCUT2D eigenvalue weighted by Gasteiger charge is -2.38. The van der Waals surface area contributed by atoms with E-state index in [2.05, 4.69) is 48.9 Å². The van der Waals surface area contributed by atoms with Gasteiger partial charge >= 0.3 is 0 Å². The largest absolute Gasteiger partial charge is 0.383 e. The number of nitrogens with two attached hydrogens (primary N) is 1. The molecule has 2 aromatic carbocycles. The third-order valence-corrected chi connectivity index (χ3v) is 8.46. The molecule has 200 valence electrons. The molecule has 1 aliphatic heterocycles. The normalized spacial score (nSPS) is 20.6. The number of benzene rings is 2. The van der Waals surface area contributed by atoms with Crippen LogP contribution in [0.1, 0.15) is 37.3 Å². The Bertz CT molecular complexity index is 1630. The molecule has 3 aromatic heterocycles. The molecule has 2 N–H and O–H groups in total. The summed E-state index contributed by atoms with van der Waals surface area (Å²) in [6.45, 7) is 4.40. The van der Waals surface area contributed by atoms with Crippen molar-refractivity contribution in [2.24, 2.45) is 0 Å². The number of nitrogen functional groups attached to an aromatic ring is 1. The molecule has 1 aliphatic carbocycles. The van der Waals surface area contributed by atoms with E-state index in [0.717, 1.165) is 95.8 Å². The summed E-state index contributed by atoms with van der Waals surface area (Å²) in [6.07, 6.45) is 7.88. The number of hydrogen-bond donors (Lipinski definition) is 1. The molecular weight excluding hydrogens is 512 g/mol. The first-order valence-corrected chi connectivity index (χ1v) is 14.0. The summed E-state index contributed by atoms with van der Waals surface area (Å²) in [5, 5.41) is 12.4. The molecule has 2 fully saturated rings. The highest BCUT2D eigenvalue weighted by Crippen LogP contribution is 2.37. The molecule has 0 radical (unpaired) electrons. The molecule has 5 aromatic rings. The first-order valence-electron chi connectivity index (χ1n) is 13.6. The molecule has 4 heterocycles. The summed E-state index contributed by atoms with van der Waals surface area (Å²) in [7, 11) is 0. The van der Waals surface area contributed by atoms with Crippen LogP contribution in [0.2, 0.25) is 5.02 Å². The van der Waals surface area contributed by atoms with E-state index in [4.69, 9.17) is 27.2 Å². The minimum atomic E-state index is 0.289. The topological polar surface area (TPSA) is 99.9 Å². The average molecular weight is 543 g/mol. The van der Waals surface area contributed by atoms with Crippen molar-refractivity contribution < 1.29 is 4.74 Å². The van der Waals surface area contributed by atoms with E-state index >= 15 is 0 Å². The highest BCUT2D eigenvalue weighted by molar-refractivity contribution is 6.30. The van der Waals surface area contributed by atoms with E-state index in [1.54, 1.807) is 6.33 Å². The van der Waals surface area contributed by atoms with Crippen molar-refractivity contribution in [1.82, 2.24) is 34.4 Å². The monoisotopic (exact) mass is 542 g/mol. The molecule has 0 bridgehead atoms. The number of ether oxygens (including phenoxy) is 1. The number of rotatable bonds is 5. The fraction of sp³-hybridized carbons (Fsp3) is 0.379. The van der Waals surface area contributed by atoms with Gasteiger partial charge in [-0.1, -0.05) is 29.8 Å². The highest BCUT2D eigenvalue weighted by atomic mass is 35.5. The summed E-state index contributed by atoms with van der Waals surface area (Å²) in [5.41, 5.74) is 11.2. The van der Waals surface area contributed by atoms with Crippen LogP contribution in [0, 0.1) is 0 Å². The first kappa shape index (κ1) is 24.5. The fourth-order valence-corrected chi connectivity index (χ4v) is 6.44. The van der Waals surface area contributed by atoms with Gasteiger partial charge in [0.25, 0.3) is 0 Å². The molecule has 1 saturated heterocycles. The summed E-state index contributed by atoms with van der Waals surface area (Å²) in [5.74, 6) is 0.458. The number of nitrogens with zero attached hydrogens (tertiary/aromatic N) is 7. The lowest BCUT2D eigenvalue weighted by molar-refractivity contribution is 0.00520. The molecule has 0 atom stereocenters. The second-order valence-corrected chi connectivity index (χ2v) is 11.0. The predicted molar refractivity (Wildman–Crippen MR) is 153 cm³/mol. The van der Waals surface area contributed by atoms with Gasteiger partial charge in [0.1, 0.15) is 17.8 Å². The number of morpholine rings is 1. The Kier molecular flexibility index (Phi) is 6.42. The lowest BCUT2D eigenvalue weighted by atomic mass is 9.90.